The van der Waals surface area contributed by atoms with Crippen molar-refractivity contribution in [3.05, 3.63) is 0 Å². The number of aliphatic hydroxyl groups excluding tert-OH is 2. The van der Waals surface area contributed by atoms with E-state index in [1.54, 1.807) is 0 Å². The summed E-state index contributed by atoms with van der Waals surface area (Å²) >= 11 is 0. The number of rotatable bonds is 4. The lowest BCUT2D eigenvalue weighted by atomic mass is 9.46. The van der Waals surface area contributed by atoms with Crippen LogP contribution in [-0.4, -0.2) is 39.3 Å². The lowest BCUT2D eigenvalue weighted by Gasteiger charge is -2.58. The molecule has 0 saturated heterocycles. The first-order chi connectivity index (χ1) is 13.2. The van der Waals surface area contributed by atoms with E-state index in [-0.39, 0.29) is 47.4 Å². The molecule has 4 saturated carbocycles. The molecule has 4 rings (SSSR count). The summed E-state index contributed by atoms with van der Waals surface area (Å²) in [5, 5.41) is 30.3. The van der Waals surface area contributed by atoms with Crippen molar-refractivity contribution in [2.75, 3.05) is 0 Å². The number of hydrogen-bond acceptors (Lipinski definition) is 4. The molecule has 0 amide bonds. The van der Waals surface area contributed by atoms with Gasteiger partial charge < -0.3 is 15.3 Å². The zero-order valence-electron chi connectivity index (χ0n) is 17.2. The van der Waals surface area contributed by atoms with Crippen LogP contribution in [0.1, 0.15) is 71.6 Å². The highest BCUT2D eigenvalue weighted by Crippen LogP contribution is 2.63. The third-order valence-electron chi connectivity index (χ3n) is 9.37. The Balaban J connectivity index is 1.57. The van der Waals surface area contributed by atoms with Crippen molar-refractivity contribution in [3.63, 3.8) is 0 Å². The predicted octanol–water partition coefficient (Wildman–Crippen LogP) is 3.27. The third kappa shape index (κ3) is 3.13. The average molecular weight is 393 g/mol. The molecule has 10 atom stereocenters. The number of carboxylic acid groups (broad SMARTS) is 1. The largest absolute Gasteiger partial charge is 0.481 e. The van der Waals surface area contributed by atoms with Crippen LogP contribution in [0.25, 0.3) is 0 Å². The Morgan fingerprint density at radius 2 is 1.86 bits per heavy atom. The van der Waals surface area contributed by atoms with E-state index in [2.05, 4.69) is 13.8 Å². The van der Waals surface area contributed by atoms with Crippen molar-refractivity contribution in [1.82, 2.24) is 0 Å². The van der Waals surface area contributed by atoms with Gasteiger partial charge in [0.05, 0.1) is 6.10 Å². The average Bonchev–Trinajstić information content (AvgIpc) is 3.09. The van der Waals surface area contributed by atoms with Crippen LogP contribution in [-0.2, 0) is 9.59 Å². The van der Waals surface area contributed by atoms with E-state index in [0.717, 1.165) is 44.9 Å². The first kappa shape index (κ1) is 20.3. The minimum Gasteiger partial charge on any atom is -0.481 e. The van der Waals surface area contributed by atoms with Crippen molar-refractivity contribution in [3.8, 4) is 0 Å². The lowest BCUT2D eigenvalue weighted by Crippen LogP contribution is -2.60. The number of Topliss-reactive ketones (excluding diaryl/α,β-unsaturated/α-hetero) is 1. The summed E-state index contributed by atoms with van der Waals surface area (Å²) in [6.45, 7) is 4.34. The van der Waals surface area contributed by atoms with Gasteiger partial charge in [-0.05, 0) is 92.3 Å². The van der Waals surface area contributed by atoms with Gasteiger partial charge in [-0.3, -0.25) is 9.59 Å². The van der Waals surface area contributed by atoms with Gasteiger partial charge in [0.1, 0.15) is 6.10 Å². The molecule has 0 aromatic heterocycles. The van der Waals surface area contributed by atoms with E-state index in [0.29, 0.717) is 24.2 Å². The Labute approximate surface area is 167 Å². The number of carbonyl (C=O) groups excluding carboxylic acids is 1. The van der Waals surface area contributed by atoms with E-state index >= 15 is 0 Å². The van der Waals surface area contributed by atoms with Gasteiger partial charge in [-0.2, -0.15) is 0 Å². The third-order valence-corrected chi connectivity index (χ3v) is 9.37. The number of carboxylic acids is 1. The summed E-state index contributed by atoms with van der Waals surface area (Å²) in [4.78, 5) is 24.4. The quantitative estimate of drug-likeness (QED) is 0.683. The fourth-order valence-electron chi connectivity index (χ4n) is 7.96. The second-order valence-corrected chi connectivity index (χ2v) is 10.6. The zero-order valence-corrected chi connectivity index (χ0v) is 17.2. The van der Waals surface area contributed by atoms with E-state index < -0.39 is 12.1 Å². The first-order valence-corrected chi connectivity index (χ1v) is 11.4. The first-order valence-electron chi connectivity index (χ1n) is 11.4. The molecule has 0 bridgehead atoms. The van der Waals surface area contributed by atoms with Gasteiger partial charge in [-0.15, -0.1) is 0 Å². The van der Waals surface area contributed by atoms with Gasteiger partial charge in [-0.25, -0.2) is 0 Å². The second-order valence-electron chi connectivity index (χ2n) is 10.6. The Morgan fingerprint density at radius 1 is 1.14 bits per heavy atom. The number of aliphatic hydroxyl groups is 2. The summed E-state index contributed by atoms with van der Waals surface area (Å²) in [6.07, 6.45) is 6.27. The Bertz CT molecular complexity index is 632. The molecule has 0 aliphatic heterocycles. The van der Waals surface area contributed by atoms with Crippen molar-refractivity contribution in [1.29, 1.82) is 0 Å². The molecule has 0 heterocycles. The van der Waals surface area contributed by atoms with Crippen LogP contribution in [0.2, 0.25) is 0 Å². The standard InChI is InChI=1S/C23H36O5/c1-12(3-8-18(25)26)15-6-7-16-17-5-4-13-11-14(24)9-10-23(13,2)20(17)22(28)21(27)19(15)16/h12-17,19-21,24,27H,3-11H2,1-2H3,(H,25,26). The summed E-state index contributed by atoms with van der Waals surface area (Å²) in [5.74, 6) is 0.824. The van der Waals surface area contributed by atoms with Crippen LogP contribution in [0.4, 0.5) is 0 Å². The van der Waals surface area contributed by atoms with Crippen molar-refractivity contribution in [2.24, 2.45) is 46.8 Å². The van der Waals surface area contributed by atoms with Crippen LogP contribution in [0, 0.1) is 46.8 Å². The molecular weight excluding hydrogens is 356 g/mol. The highest BCUT2D eigenvalue weighted by Gasteiger charge is 2.62. The summed E-state index contributed by atoms with van der Waals surface area (Å²) in [6, 6.07) is 0. The van der Waals surface area contributed by atoms with Crippen LogP contribution in [0.15, 0.2) is 0 Å². The van der Waals surface area contributed by atoms with Crippen LogP contribution in [0.5, 0.6) is 0 Å². The molecule has 4 aliphatic carbocycles. The molecule has 5 heteroatoms. The van der Waals surface area contributed by atoms with E-state index in [1.165, 1.54) is 0 Å². The number of hydrogen-bond donors (Lipinski definition) is 3. The summed E-state index contributed by atoms with van der Waals surface area (Å²) < 4.78 is 0. The smallest absolute Gasteiger partial charge is 0.303 e. The number of carbonyl (C=O) groups is 2. The maximum atomic E-state index is 13.5. The maximum Gasteiger partial charge on any atom is 0.303 e. The van der Waals surface area contributed by atoms with Gasteiger partial charge in [-0.1, -0.05) is 13.8 Å². The monoisotopic (exact) mass is 392 g/mol. The molecular formula is C23H36O5. The highest BCUT2D eigenvalue weighted by molar-refractivity contribution is 5.88. The van der Waals surface area contributed by atoms with Crippen LogP contribution >= 0.6 is 0 Å². The Kier molecular flexibility index (Phi) is 5.37. The maximum absolute atomic E-state index is 13.5. The molecule has 3 N–H and O–H groups in total. The minimum absolute atomic E-state index is 0.00637. The van der Waals surface area contributed by atoms with Gasteiger partial charge in [0.15, 0.2) is 5.78 Å². The normalized spacial score (nSPS) is 49.1. The SMILES string of the molecule is CC(CCC(=O)O)C1CCC2C3CCC4CC(O)CCC4(C)C3C(=O)C(O)C12. The molecule has 4 aliphatic rings. The molecule has 10 unspecified atom stereocenters. The second kappa shape index (κ2) is 7.39. The van der Waals surface area contributed by atoms with Gasteiger partial charge in [0.25, 0.3) is 0 Å². The highest BCUT2D eigenvalue weighted by atomic mass is 16.4. The Hall–Kier alpha value is -0.940. The number of aliphatic carboxylic acids is 1. The topological polar surface area (TPSA) is 94.8 Å². The van der Waals surface area contributed by atoms with Gasteiger partial charge in [0.2, 0.25) is 0 Å². The fraction of sp³-hybridized carbons (Fsp3) is 0.913. The molecule has 4 fully saturated rings. The molecule has 5 nitrogen and oxygen atoms in total. The summed E-state index contributed by atoms with van der Waals surface area (Å²) in [5.41, 5.74) is -0.0851. The molecule has 0 aromatic carbocycles. The fourth-order valence-corrected chi connectivity index (χ4v) is 7.96. The molecule has 28 heavy (non-hydrogen) atoms. The molecule has 158 valence electrons. The van der Waals surface area contributed by atoms with Crippen LogP contribution < -0.4 is 0 Å². The van der Waals surface area contributed by atoms with E-state index in [1.807, 2.05) is 0 Å². The number of ketones is 1. The van der Waals surface area contributed by atoms with Crippen molar-refractivity contribution < 1.29 is 24.9 Å². The van der Waals surface area contributed by atoms with Crippen molar-refractivity contribution in [2.45, 2.75) is 83.8 Å². The summed E-state index contributed by atoms with van der Waals surface area (Å²) in [7, 11) is 0. The predicted molar refractivity (Wildman–Crippen MR) is 104 cm³/mol. The van der Waals surface area contributed by atoms with Crippen molar-refractivity contribution >= 4 is 11.8 Å². The van der Waals surface area contributed by atoms with E-state index in [4.69, 9.17) is 5.11 Å². The molecule has 0 aromatic rings. The van der Waals surface area contributed by atoms with Crippen LogP contribution in [0.3, 0.4) is 0 Å². The Morgan fingerprint density at radius 3 is 2.57 bits per heavy atom. The number of fused-ring (bicyclic) bond motifs is 5. The van der Waals surface area contributed by atoms with Gasteiger partial charge in [0, 0.05) is 12.3 Å². The lowest BCUT2D eigenvalue weighted by molar-refractivity contribution is -0.171. The zero-order chi connectivity index (χ0) is 20.2. The van der Waals surface area contributed by atoms with Gasteiger partial charge >= 0.3 is 5.97 Å². The van der Waals surface area contributed by atoms with E-state index in [9.17, 15) is 19.8 Å². The molecule has 0 radical (unpaired) electrons. The molecule has 0 spiro atoms. The minimum atomic E-state index is -0.895.